The summed E-state index contributed by atoms with van der Waals surface area (Å²) in [5, 5.41) is 18.0. The maximum atomic E-state index is 13.1. The second-order valence-corrected chi connectivity index (χ2v) is 6.21. The van der Waals surface area contributed by atoms with Gasteiger partial charge in [0.1, 0.15) is 0 Å². The van der Waals surface area contributed by atoms with E-state index in [-0.39, 0.29) is 18.6 Å². The quantitative estimate of drug-likeness (QED) is 0.938. The van der Waals surface area contributed by atoms with E-state index >= 15 is 0 Å². The van der Waals surface area contributed by atoms with Gasteiger partial charge in [-0.15, -0.1) is 0 Å². The highest BCUT2D eigenvalue weighted by Crippen LogP contribution is 2.26. The van der Waals surface area contributed by atoms with Crippen LogP contribution in [0.5, 0.6) is 0 Å². The van der Waals surface area contributed by atoms with Gasteiger partial charge in [0.05, 0.1) is 36.3 Å². The molecular formula is C17H22N4O2. The fourth-order valence-corrected chi connectivity index (χ4v) is 3.27. The van der Waals surface area contributed by atoms with Crippen molar-refractivity contribution in [3.05, 3.63) is 41.7 Å². The third-order valence-electron chi connectivity index (χ3n) is 4.58. The van der Waals surface area contributed by atoms with E-state index in [1.807, 2.05) is 25.1 Å². The van der Waals surface area contributed by atoms with Crippen LogP contribution in [-0.4, -0.2) is 50.1 Å². The minimum atomic E-state index is -0.129. The third-order valence-corrected chi connectivity index (χ3v) is 4.58. The average molecular weight is 314 g/mol. The van der Waals surface area contributed by atoms with Crippen molar-refractivity contribution < 1.29 is 9.90 Å². The molecule has 0 spiro atoms. The number of likely N-dealkylation sites (tertiary alicyclic amines) is 1. The molecule has 1 aliphatic rings. The lowest BCUT2D eigenvalue weighted by atomic mass is 9.90. The Kier molecular flexibility index (Phi) is 4.43. The number of benzene rings is 1. The number of carbonyl (C=O) groups excluding carboxylic acids is 1. The number of nitrogens with zero attached hydrogens (tertiary/aromatic N) is 4. The van der Waals surface area contributed by atoms with Gasteiger partial charge in [-0.2, -0.15) is 15.0 Å². The van der Waals surface area contributed by atoms with Gasteiger partial charge in [-0.05, 0) is 37.8 Å². The molecule has 23 heavy (non-hydrogen) atoms. The number of aryl methyl sites for hydroxylation is 1. The lowest BCUT2D eigenvalue weighted by Gasteiger charge is -2.39. The first kappa shape index (κ1) is 15.7. The Balaban J connectivity index is 2.00. The molecule has 6 nitrogen and oxygen atoms in total. The Morgan fingerprint density at radius 3 is 2.78 bits per heavy atom. The summed E-state index contributed by atoms with van der Waals surface area (Å²) in [6, 6.07) is 5.55. The minimum absolute atomic E-state index is 0.00588. The highest BCUT2D eigenvalue weighted by atomic mass is 16.3. The normalized spacial score (nSPS) is 21.4. The molecule has 1 aliphatic heterocycles. The first-order valence-corrected chi connectivity index (χ1v) is 8.01. The number of hydrogen-bond acceptors (Lipinski definition) is 4. The van der Waals surface area contributed by atoms with Crippen molar-refractivity contribution in [1.82, 2.24) is 19.9 Å². The predicted octanol–water partition coefficient (Wildman–Crippen LogP) is 1.81. The van der Waals surface area contributed by atoms with Gasteiger partial charge in [0.15, 0.2) is 0 Å². The Morgan fingerprint density at radius 1 is 1.35 bits per heavy atom. The van der Waals surface area contributed by atoms with Gasteiger partial charge in [0, 0.05) is 6.54 Å². The molecule has 0 bridgehead atoms. The maximum Gasteiger partial charge on any atom is 0.256 e. The van der Waals surface area contributed by atoms with E-state index in [0.29, 0.717) is 23.7 Å². The Morgan fingerprint density at radius 2 is 2.09 bits per heavy atom. The summed E-state index contributed by atoms with van der Waals surface area (Å²) < 4.78 is 0. The molecule has 2 aromatic rings. The highest BCUT2D eigenvalue weighted by Gasteiger charge is 2.33. The average Bonchev–Trinajstić information content (AvgIpc) is 3.08. The summed E-state index contributed by atoms with van der Waals surface area (Å²) in [6.07, 6.45) is 5.18. The largest absolute Gasteiger partial charge is 0.394 e. The summed E-state index contributed by atoms with van der Waals surface area (Å²) in [6.45, 7) is 4.72. The van der Waals surface area contributed by atoms with E-state index in [9.17, 15) is 9.90 Å². The third kappa shape index (κ3) is 2.99. The molecule has 1 saturated heterocycles. The Bertz CT molecular complexity index is 684. The second kappa shape index (κ2) is 6.50. The molecule has 2 heterocycles. The molecule has 2 atom stereocenters. The van der Waals surface area contributed by atoms with Crippen LogP contribution in [0.3, 0.4) is 0 Å². The molecule has 1 aromatic carbocycles. The van der Waals surface area contributed by atoms with Crippen molar-refractivity contribution in [3.63, 3.8) is 0 Å². The van der Waals surface area contributed by atoms with Crippen molar-refractivity contribution in [3.8, 4) is 5.69 Å². The number of amides is 1. The van der Waals surface area contributed by atoms with Crippen LogP contribution < -0.4 is 0 Å². The molecule has 1 N–H and O–H groups in total. The molecule has 0 saturated carbocycles. The maximum absolute atomic E-state index is 13.1. The summed E-state index contributed by atoms with van der Waals surface area (Å²) in [7, 11) is 0. The van der Waals surface area contributed by atoms with Gasteiger partial charge in [-0.3, -0.25) is 4.79 Å². The number of piperidine rings is 1. The van der Waals surface area contributed by atoms with Crippen molar-refractivity contribution in [1.29, 1.82) is 0 Å². The van der Waals surface area contributed by atoms with Gasteiger partial charge in [0.2, 0.25) is 0 Å². The molecular weight excluding hydrogens is 292 g/mol. The number of aromatic nitrogens is 3. The topological polar surface area (TPSA) is 71.2 Å². The second-order valence-electron chi connectivity index (χ2n) is 6.21. The smallest absolute Gasteiger partial charge is 0.256 e. The van der Waals surface area contributed by atoms with Crippen LogP contribution in [0.2, 0.25) is 0 Å². The fraction of sp³-hybridized carbons (Fsp3) is 0.471. The SMILES string of the molecule is Cc1ccc(-n2nccn2)c(C(=O)N2CCCC(C)C2CO)c1. The van der Waals surface area contributed by atoms with Crippen LogP contribution in [0, 0.1) is 12.8 Å². The predicted molar refractivity (Wildman–Crippen MR) is 86.4 cm³/mol. The lowest BCUT2D eigenvalue weighted by molar-refractivity contribution is 0.0358. The zero-order chi connectivity index (χ0) is 16.4. The molecule has 1 fully saturated rings. The van der Waals surface area contributed by atoms with Crippen molar-refractivity contribution in [2.45, 2.75) is 32.7 Å². The summed E-state index contributed by atoms with van der Waals surface area (Å²) in [5.41, 5.74) is 2.25. The number of aliphatic hydroxyl groups is 1. The van der Waals surface area contributed by atoms with Crippen LogP contribution in [0.25, 0.3) is 5.69 Å². The lowest BCUT2D eigenvalue weighted by Crippen LogP contribution is -2.49. The van der Waals surface area contributed by atoms with E-state index in [1.165, 1.54) is 4.80 Å². The number of rotatable bonds is 3. The zero-order valence-electron chi connectivity index (χ0n) is 13.5. The van der Waals surface area contributed by atoms with Crippen LogP contribution in [-0.2, 0) is 0 Å². The van der Waals surface area contributed by atoms with Crippen LogP contribution in [0.4, 0.5) is 0 Å². The molecule has 6 heteroatoms. The molecule has 1 aromatic heterocycles. The van der Waals surface area contributed by atoms with Crippen molar-refractivity contribution >= 4 is 5.91 Å². The summed E-state index contributed by atoms with van der Waals surface area (Å²) in [5.74, 6) is 0.236. The van der Waals surface area contributed by atoms with Crippen molar-refractivity contribution in [2.75, 3.05) is 13.2 Å². The van der Waals surface area contributed by atoms with Gasteiger partial charge in [-0.25, -0.2) is 0 Å². The number of aliphatic hydroxyl groups excluding tert-OH is 1. The van der Waals surface area contributed by atoms with Gasteiger partial charge in [0.25, 0.3) is 5.91 Å². The standard InChI is InChI=1S/C17H22N4O2/c1-12-5-6-15(21-18-7-8-19-21)14(10-12)17(23)20-9-3-4-13(2)16(20)11-22/h5-8,10,13,16,22H,3-4,9,11H2,1-2H3. The molecule has 3 rings (SSSR count). The van der Waals surface area contributed by atoms with Crippen LogP contribution in [0.1, 0.15) is 35.7 Å². The fourth-order valence-electron chi connectivity index (χ4n) is 3.27. The van der Waals surface area contributed by atoms with Crippen LogP contribution in [0.15, 0.2) is 30.6 Å². The monoisotopic (exact) mass is 314 g/mol. The van der Waals surface area contributed by atoms with E-state index in [0.717, 1.165) is 18.4 Å². The molecule has 2 unspecified atom stereocenters. The van der Waals surface area contributed by atoms with E-state index in [4.69, 9.17) is 0 Å². The van der Waals surface area contributed by atoms with Gasteiger partial charge >= 0.3 is 0 Å². The van der Waals surface area contributed by atoms with Gasteiger partial charge in [-0.1, -0.05) is 18.6 Å². The zero-order valence-corrected chi connectivity index (χ0v) is 13.5. The summed E-state index contributed by atoms with van der Waals surface area (Å²) in [4.78, 5) is 16.4. The first-order chi connectivity index (χ1) is 11.1. The van der Waals surface area contributed by atoms with E-state index < -0.39 is 0 Å². The minimum Gasteiger partial charge on any atom is -0.394 e. The molecule has 0 radical (unpaired) electrons. The van der Waals surface area contributed by atoms with Gasteiger partial charge < -0.3 is 10.0 Å². The van der Waals surface area contributed by atoms with Crippen LogP contribution >= 0.6 is 0 Å². The Labute approximate surface area is 135 Å². The molecule has 122 valence electrons. The molecule has 1 amide bonds. The van der Waals surface area contributed by atoms with E-state index in [1.54, 1.807) is 17.3 Å². The highest BCUT2D eigenvalue weighted by molar-refractivity contribution is 5.98. The van der Waals surface area contributed by atoms with E-state index in [2.05, 4.69) is 17.1 Å². The molecule has 0 aliphatic carbocycles. The van der Waals surface area contributed by atoms with Crippen molar-refractivity contribution in [2.24, 2.45) is 5.92 Å². The summed E-state index contributed by atoms with van der Waals surface area (Å²) >= 11 is 0. The Hall–Kier alpha value is -2.21. The number of hydrogen-bond donors (Lipinski definition) is 1. The first-order valence-electron chi connectivity index (χ1n) is 8.01. The number of carbonyl (C=O) groups is 1.